The van der Waals surface area contributed by atoms with Gasteiger partial charge in [0.1, 0.15) is 11.6 Å². The van der Waals surface area contributed by atoms with E-state index < -0.39 is 11.6 Å². The summed E-state index contributed by atoms with van der Waals surface area (Å²) in [6, 6.07) is 8.37. The van der Waals surface area contributed by atoms with E-state index in [1.165, 1.54) is 0 Å². The van der Waals surface area contributed by atoms with Crippen LogP contribution in [0.4, 0.5) is 8.78 Å². The van der Waals surface area contributed by atoms with Crippen LogP contribution in [0, 0.1) is 11.6 Å². The highest BCUT2D eigenvalue weighted by Crippen LogP contribution is 2.30. The Morgan fingerprint density at radius 2 is 1.90 bits per heavy atom. The van der Waals surface area contributed by atoms with Crippen molar-refractivity contribution in [2.45, 2.75) is 19.4 Å². The van der Waals surface area contributed by atoms with E-state index in [-0.39, 0.29) is 11.8 Å². The lowest BCUT2D eigenvalue weighted by molar-refractivity contribution is 0.431. The molecule has 1 atom stereocenters. The Morgan fingerprint density at radius 1 is 1.15 bits per heavy atom. The van der Waals surface area contributed by atoms with Crippen molar-refractivity contribution in [2.24, 2.45) is 5.73 Å². The van der Waals surface area contributed by atoms with Gasteiger partial charge in [0.2, 0.25) is 0 Å². The lowest BCUT2D eigenvalue weighted by Crippen LogP contribution is -2.18. The molecule has 0 aromatic heterocycles. The molecule has 5 heteroatoms. The zero-order valence-electron chi connectivity index (χ0n) is 10.9. The first-order valence-corrected chi connectivity index (χ1v) is 6.92. The van der Waals surface area contributed by atoms with Crippen molar-refractivity contribution in [1.82, 2.24) is 0 Å². The molecule has 0 heterocycles. The zero-order chi connectivity index (χ0) is 14.7. The molecule has 1 unspecified atom stereocenters. The van der Waals surface area contributed by atoms with Crippen LogP contribution in [0.2, 0.25) is 0 Å². The van der Waals surface area contributed by atoms with Crippen LogP contribution in [0.15, 0.2) is 40.9 Å². The van der Waals surface area contributed by atoms with Crippen LogP contribution in [-0.2, 0) is 6.42 Å². The Labute approximate surface area is 124 Å². The number of halogens is 3. The second-order valence-electron chi connectivity index (χ2n) is 4.61. The van der Waals surface area contributed by atoms with E-state index in [0.717, 1.165) is 28.2 Å². The van der Waals surface area contributed by atoms with Crippen molar-refractivity contribution in [3.05, 3.63) is 58.1 Å². The topological polar surface area (TPSA) is 35.2 Å². The van der Waals surface area contributed by atoms with Crippen molar-refractivity contribution < 1.29 is 13.5 Å². The Hall–Kier alpha value is -1.46. The number of rotatable bonds is 4. The van der Waals surface area contributed by atoms with Crippen molar-refractivity contribution >= 4 is 15.9 Å². The van der Waals surface area contributed by atoms with Crippen LogP contribution < -0.4 is 10.5 Å². The Morgan fingerprint density at radius 3 is 2.60 bits per heavy atom. The maximum atomic E-state index is 13.6. The van der Waals surface area contributed by atoms with Crippen molar-refractivity contribution in [1.29, 1.82) is 0 Å². The van der Waals surface area contributed by atoms with Crippen LogP contribution in [0.5, 0.6) is 11.5 Å². The molecule has 106 valence electrons. The molecule has 0 amide bonds. The molecule has 0 radical (unpaired) electrons. The monoisotopic (exact) mass is 341 g/mol. The SMILES string of the molecule is CC(N)Cc1cc(Br)ccc1Oc1cc(F)ccc1F. The number of hydrogen-bond acceptors (Lipinski definition) is 2. The van der Waals surface area contributed by atoms with Gasteiger partial charge >= 0.3 is 0 Å². The van der Waals surface area contributed by atoms with E-state index in [1.54, 1.807) is 12.1 Å². The van der Waals surface area contributed by atoms with Crippen LogP contribution in [0.3, 0.4) is 0 Å². The molecule has 0 spiro atoms. The van der Waals surface area contributed by atoms with Gasteiger partial charge in [0.05, 0.1) is 0 Å². The minimum Gasteiger partial charge on any atom is -0.454 e. The first-order chi connectivity index (χ1) is 9.45. The van der Waals surface area contributed by atoms with Gasteiger partial charge in [-0.25, -0.2) is 8.78 Å². The molecule has 0 bridgehead atoms. The summed E-state index contributed by atoms with van der Waals surface area (Å²) in [4.78, 5) is 0. The van der Waals surface area contributed by atoms with Gasteiger partial charge in [-0.05, 0) is 49.2 Å². The third-order valence-electron chi connectivity index (χ3n) is 2.68. The minimum atomic E-state index is -0.610. The highest BCUT2D eigenvalue weighted by atomic mass is 79.9. The van der Waals surface area contributed by atoms with Crippen LogP contribution in [-0.4, -0.2) is 6.04 Å². The van der Waals surface area contributed by atoms with E-state index in [1.807, 2.05) is 13.0 Å². The molecular formula is C15H14BrF2NO. The third kappa shape index (κ3) is 3.77. The van der Waals surface area contributed by atoms with Crippen molar-refractivity contribution in [2.75, 3.05) is 0 Å². The van der Waals surface area contributed by atoms with Gasteiger partial charge in [0.15, 0.2) is 11.6 Å². The highest BCUT2D eigenvalue weighted by molar-refractivity contribution is 9.10. The summed E-state index contributed by atoms with van der Waals surface area (Å²) in [5.74, 6) is -0.832. The number of nitrogens with two attached hydrogens (primary N) is 1. The Bertz CT molecular complexity index is 617. The number of benzene rings is 2. The van der Waals surface area contributed by atoms with Gasteiger partial charge in [-0.1, -0.05) is 15.9 Å². The molecule has 0 saturated heterocycles. The van der Waals surface area contributed by atoms with E-state index in [4.69, 9.17) is 10.5 Å². The minimum absolute atomic E-state index is 0.0657. The normalized spacial score (nSPS) is 12.2. The fraction of sp³-hybridized carbons (Fsp3) is 0.200. The molecule has 2 aromatic rings. The molecule has 0 aliphatic carbocycles. The summed E-state index contributed by atoms with van der Waals surface area (Å²) in [6.45, 7) is 1.87. The fourth-order valence-electron chi connectivity index (χ4n) is 1.83. The summed E-state index contributed by atoms with van der Waals surface area (Å²) in [7, 11) is 0. The standard InChI is InChI=1S/C15H14BrF2NO/c1-9(19)6-10-7-11(16)2-5-14(10)20-15-8-12(17)3-4-13(15)18/h2-5,7-9H,6,19H2,1H3. The Kier molecular flexibility index (Phi) is 4.73. The van der Waals surface area contributed by atoms with E-state index in [2.05, 4.69) is 15.9 Å². The predicted octanol–water partition coefficient (Wildman–Crippen LogP) is 4.41. The fourth-order valence-corrected chi connectivity index (χ4v) is 2.24. The smallest absolute Gasteiger partial charge is 0.165 e. The van der Waals surface area contributed by atoms with Gasteiger partial charge in [0.25, 0.3) is 0 Å². The third-order valence-corrected chi connectivity index (χ3v) is 3.17. The maximum absolute atomic E-state index is 13.6. The summed E-state index contributed by atoms with van der Waals surface area (Å²) in [5.41, 5.74) is 6.62. The summed E-state index contributed by atoms with van der Waals surface area (Å²) in [6.07, 6.45) is 0.575. The number of ether oxygens (including phenoxy) is 1. The predicted molar refractivity (Wildman–Crippen MR) is 77.9 cm³/mol. The van der Waals surface area contributed by atoms with Crippen molar-refractivity contribution in [3.63, 3.8) is 0 Å². The molecule has 20 heavy (non-hydrogen) atoms. The van der Waals surface area contributed by atoms with Crippen LogP contribution >= 0.6 is 15.9 Å². The maximum Gasteiger partial charge on any atom is 0.165 e. The molecule has 2 N–H and O–H groups in total. The van der Waals surface area contributed by atoms with E-state index in [0.29, 0.717) is 12.2 Å². The molecule has 0 aliphatic heterocycles. The van der Waals surface area contributed by atoms with Gasteiger partial charge in [-0.15, -0.1) is 0 Å². The van der Waals surface area contributed by atoms with E-state index >= 15 is 0 Å². The summed E-state index contributed by atoms with van der Waals surface area (Å²) >= 11 is 3.37. The van der Waals surface area contributed by atoms with Crippen LogP contribution in [0.25, 0.3) is 0 Å². The molecule has 2 aromatic carbocycles. The van der Waals surface area contributed by atoms with Gasteiger partial charge in [-0.2, -0.15) is 0 Å². The highest BCUT2D eigenvalue weighted by Gasteiger charge is 2.11. The lowest BCUT2D eigenvalue weighted by atomic mass is 10.1. The van der Waals surface area contributed by atoms with Gasteiger partial charge in [-0.3, -0.25) is 0 Å². The Balaban J connectivity index is 2.35. The molecule has 0 aliphatic rings. The first kappa shape index (κ1) is 14.9. The summed E-state index contributed by atoms with van der Waals surface area (Å²) < 4.78 is 33.1. The first-order valence-electron chi connectivity index (χ1n) is 6.12. The van der Waals surface area contributed by atoms with E-state index in [9.17, 15) is 8.78 Å². The quantitative estimate of drug-likeness (QED) is 0.893. The average molecular weight is 342 g/mol. The molecule has 0 saturated carbocycles. The van der Waals surface area contributed by atoms with Gasteiger partial charge < -0.3 is 10.5 Å². The average Bonchev–Trinajstić information content (AvgIpc) is 2.36. The zero-order valence-corrected chi connectivity index (χ0v) is 12.5. The molecule has 0 fully saturated rings. The molecular weight excluding hydrogens is 328 g/mol. The van der Waals surface area contributed by atoms with Crippen molar-refractivity contribution in [3.8, 4) is 11.5 Å². The van der Waals surface area contributed by atoms with Gasteiger partial charge in [0, 0.05) is 16.6 Å². The largest absolute Gasteiger partial charge is 0.454 e. The lowest BCUT2D eigenvalue weighted by Gasteiger charge is -2.14. The van der Waals surface area contributed by atoms with Crippen LogP contribution in [0.1, 0.15) is 12.5 Å². The second kappa shape index (κ2) is 6.33. The molecule has 2 rings (SSSR count). The second-order valence-corrected chi connectivity index (χ2v) is 5.53. The summed E-state index contributed by atoms with van der Waals surface area (Å²) in [5, 5.41) is 0. The molecule has 2 nitrogen and oxygen atoms in total. The number of hydrogen-bond donors (Lipinski definition) is 1.